The van der Waals surface area contributed by atoms with Crippen LogP contribution in [0.4, 0.5) is 0 Å². The molecule has 4 aromatic rings. The number of ketones is 1. The Kier molecular flexibility index (Phi) is 5.36. The number of aryl methyl sites for hydroxylation is 3. The summed E-state index contributed by atoms with van der Waals surface area (Å²) in [5, 5.41) is 1.32. The highest BCUT2D eigenvalue weighted by molar-refractivity contribution is 5.84. The molecule has 31 heavy (non-hydrogen) atoms. The molecule has 0 atom stereocenters. The van der Waals surface area contributed by atoms with Crippen LogP contribution in [0, 0.1) is 19.8 Å². The lowest BCUT2D eigenvalue weighted by Crippen LogP contribution is -2.36. The van der Waals surface area contributed by atoms with E-state index in [0.717, 1.165) is 49.3 Å². The third-order valence-electron chi connectivity index (χ3n) is 6.73. The number of piperidine rings is 1. The van der Waals surface area contributed by atoms with Crippen molar-refractivity contribution in [2.75, 3.05) is 13.1 Å². The Morgan fingerprint density at radius 1 is 1.13 bits per heavy atom. The quantitative estimate of drug-likeness (QED) is 0.463. The Labute approximate surface area is 182 Å². The first-order valence-electron chi connectivity index (χ1n) is 11.3. The fraction of sp³-hybridized carbons (Fsp3) is 0.385. The number of aromatic amines is 2. The molecule has 5 nitrogen and oxygen atoms in total. The zero-order chi connectivity index (χ0) is 21.4. The molecule has 160 valence electrons. The molecule has 1 aliphatic rings. The maximum atomic E-state index is 12.8. The number of benzene rings is 2. The molecule has 3 heterocycles. The van der Waals surface area contributed by atoms with Crippen molar-refractivity contribution >= 4 is 27.7 Å². The average Bonchev–Trinajstić information content (AvgIpc) is 3.37. The Hall–Kier alpha value is -2.92. The molecule has 1 aliphatic heterocycles. The SMILES string of the molecule is Cc1ccc2[nH]cc(CN3CCC(C(=O)CCc4nc5c(C)cccc5[nH]4)CC3)c2c1. The molecule has 0 spiro atoms. The lowest BCUT2D eigenvalue weighted by Gasteiger charge is -2.31. The van der Waals surface area contributed by atoms with Crippen LogP contribution in [0.3, 0.4) is 0 Å². The summed E-state index contributed by atoms with van der Waals surface area (Å²) in [6.07, 6.45) is 5.32. The van der Waals surface area contributed by atoms with Gasteiger partial charge in [0.2, 0.25) is 0 Å². The molecule has 2 aromatic carbocycles. The molecule has 0 radical (unpaired) electrons. The van der Waals surface area contributed by atoms with E-state index in [1.165, 1.54) is 27.6 Å². The second-order valence-electron chi connectivity index (χ2n) is 9.03. The predicted molar refractivity (Wildman–Crippen MR) is 125 cm³/mol. The van der Waals surface area contributed by atoms with Gasteiger partial charge in [0.25, 0.3) is 0 Å². The predicted octanol–water partition coefficient (Wildman–Crippen LogP) is 5.07. The van der Waals surface area contributed by atoms with Gasteiger partial charge in [-0.15, -0.1) is 0 Å². The van der Waals surface area contributed by atoms with Gasteiger partial charge in [-0.1, -0.05) is 23.8 Å². The first kappa shape index (κ1) is 20.0. The maximum Gasteiger partial charge on any atom is 0.136 e. The highest BCUT2D eigenvalue weighted by Crippen LogP contribution is 2.25. The van der Waals surface area contributed by atoms with Crippen molar-refractivity contribution in [3.05, 3.63) is 65.1 Å². The number of likely N-dealkylation sites (tertiary alicyclic amines) is 1. The number of aromatic nitrogens is 3. The van der Waals surface area contributed by atoms with E-state index < -0.39 is 0 Å². The van der Waals surface area contributed by atoms with Crippen molar-refractivity contribution in [3.63, 3.8) is 0 Å². The van der Waals surface area contributed by atoms with Crippen LogP contribution in [0.2, 0.25) is 0 Å². The Balaban J connectivity index is 1.15. The maximum absolute atomic E-state index is 12.8. The fourth-order valence-electron chi connectivity index (χ4n) is 4.87. The number of imidazole rings is 1. The van der Waals surface area contributed by atoms with Crippen LogP contribution in [-0.4, -0.2) is 38.7 Å². The number of nitrogens with zero attached hydrogens (tertiary/aromatic N) is 2. The van der Waals surface area contributed by atoms with Crippen LogP contribution in [0.25, 0.3) is 21.9 Å². The lowest BCUT2D eigenvalue weighted by molar-refractivity contribution is -0.124. The number of Topliss-reactive ketones (excluding diaryl/α,β-unsaturated/α-hetero) is 1. The normalized spacial score (nSPS) is 15.8. The summed E-state index contributed by atoms with van der Waals surface area (Å²) >= 11 is 0. The van der Waals surface area contributed by atoms with Gasteiger partial charge < -0.3 is 9.97 Å². The topological polar surface area (TPSA) is 64.8 Å². The van der Waals surface area contributed by atoms with Gasteiger partial charge in [0.1, 0.15) is 11.6 Å². The Morgan fingerprint density at radius 3 is 2.77 bits per heavy atom. The minimum absolute atomic E-state index is 0.188. The second-order valence-corrected chi connectivity index (χ2v) is 9.03. The average molecular weight is 415 g/mol. The van der Waals surface area contributed by atoms with Crippen molar-refractivity contribution < 1.29 is 4.79 Å². The van der Waals surface area contributed by atoms with Gasteiger partial charge in [-0.2, -0.15) is 0 Å². The van der Waals surface area contributed by atoms with Crippen molar-refractivity contribution in [2.45, 2.75) is 46.1 Å². The number of para-hydroxylation sites is 1. The number of carbonyl (C=O) groups is 1. The third kappa shape index (κ3) is 4.15. The number of fused-ring (bicyclic) bond motifs is 2. The first-order chi connectivity index (χ1) is 15.1. The molecular formula is C26H30N4O. The van der Waals surface area contributed by atoms with E-state index >= 15 is 0 Å². The van der Waals surface area contributed by atoms with E-state index in [2.05, 4.69) is 59.2 Å². The van der Waals surface area contributed by atoms with Gasteiger partial charge in [0.05, 0.1) is 11.0 Å². The number of rotatable bonds is 6. The van der Waals surface area contributed by atoms with E-state index in [9.17, 15) is 4.79 Å². The first-order valence-corrected chi connectivity index (χ1v) is 11.3. The second kappa shape index (κ2) is 8.31. The van der Waals surface area contributed by atoms with Gasteiger partial charge in [0.15, 0.2) is 0 Å². The highest BCUT2D eigenvalue weighted by atomic mass is 16.1. The zero-order valence-electron chi connectivity index (χ0n) is 18.4. The largest absolute Gasteiger partial charge is 0.361 e. The van der Waals surface area contributed by atoms with Gasteiger partial charge in [0, 0.05) is 42.4 Å². The van der Waals surface area contributed by atoms with E-state index in [-0.39, 0.29) is 5.92 Å². The minimum atomic E-state index is 0.188. The number of H-pyrrole nitrogens is 2. The summed E-state index contributed by atoms with van der Waals surface area (Å²) in [6.45, 7) is 7.13. The van der Waals surface area contributed by atoms with Crippen molar-refractivity contribution in [1.82, 2.24) is 19.9 Å². The third-order valence-corrected chi connectivity index (χ3v) is 6.73. The van der Waals surface area contributed by atoms with Gasteiger partial charge in [-0.3, -0.25) is 9.69 Å². The molecular weight excluding hydrogens is 384 g/mol. The van der Waals surface area contributed by atoms with Gasteiger partial charge in [-0.05, 0) is 69.1 Å². The minimum Gasteiger partial charge on any atom is -0.361 e. The van der Waals surface area contributed by atoms with Crippen LogP contribution in [0.15, 0.2) is 42.6 Å². The van der Waals surface area contributed by atoms with Gasteiger partial charge >= 0.3 is 0 Å². The molecule has 0 unspecified atom stereocenters. The molecule has 0 saturated carbocycles. The number of carbonyl (C=O) groups excluding carboxylic acids is 1. The number of hydrogen-bond donors (Lipinski definition) is 2. The van der Waals surface area contributed by atoms with Crippen molar-refractivity contribution in [2.24, 2.45) is 5.92 Å². The molecule has 2 aromatic heterocycles. The monoisotopic (exact) mass is 414 g/mol. The summed E-state index contributed by atoms with van der Waals surface area (Å²) in [4.78, 5) is 26.8. The van der Waals surface area contributed by atoms with E-state index in [1.807, 2.05) is 12.1 Å². The van der Waals surface area contributed by atoms with Crippen molar-refractivity contribution in [3.8, 4) is 0 Å². The zero-order valence-corrected chi connectivity index (χ0v) is 18.4. The number of hydrogen-bond acceptors (Lipinski definition) is 3. The summed E-state index contributed by atoms with van der Waals surface area (Å²) in [6, 6.07) is 12.7. The molecule has 0 amide bonds. The molecule has 5 heteroatoms. The number of nitrogens with one attached hydrogen (secondary N) is 2. The van der Waals surface area contributed by atoms with Crippen LogP contribution in [0.1, 0.15) is 41.8 Å². The van der Waals surface area contributed by atoms with E-state index in [0.29, 0.717) is 18.6 Å². The Morgan fingerprint density at radius 2 is 1.97 bits per heavy atom. The van der Waals surface area contributed by atoms with E-state index in [1.54, 1.807) is 0 Å². The van der Waals surface area contributed by atoms with Gasteiger partial charge in [-0.25, -0.2) is 4.98 Å². The fourth-order valence-corrected chi connectivity index (χ4v) is 4.87. The summed E-state index contributed by atoms with van der Waals surface area (Å²) in [5.41, 5.74) is 7.09. The lowest BCUT2D eigenvalue weighted by atomic mass is 9.90. The molecule has 0 bridgehead atoms. The van der Waals surface area contributed by atoms with E-state index in [4.69, 9.17) is 4.98 Å². The molecule has 2 N–H and O–H groups in total. The standard InChI is InChI=1S/C26H30N4O/c1-17-6-7-22-21(14-17)20(15-27-22)16-30-12-10-19(11-13-30)24(31)8-9-25-28-23-5-3-4-18(2)26(23)29-25/h3-7,14-15,19,27H,8-13,16H2,1-2H3,(H,28,29). The molecule has 0 aliphatic carbocycles. The molecule has 1 fully saturated rings. The molecule has 1 saturated heterocycles. The van der Waals surface area contributed by atoms with Crippen LogP contribution >= 0.6 is 0 Å². The summed E-state index contributed by atoms with van der Waals surface area (Å²) < 4.78 is 0. The van der Waals surface area contributed by atoms with Crippen LogP contribution in [0.5, 0.6) is 0 Å². The van der Waals surface area contributed by atoms with Crippen LogP contribution < -0.4 is 0 Å². The smallest absolute Gasteiger partial charge is 0.136 e. The summed E-state index contributed by atoms with van der Waals surface area (Å²) in [7, 11) is 0. The summed E-state index contributed by atoms with van der Waals surface area (Å²) in [5.74, 6) is 1.50. The Bertz CT molecular complexity index is 1230. The molecule has 5 rings (SSSR count). The van der Waals surface area contributed by atoms with Crippen LogP contribution in [-0.2, 0) is 17.8 Å². The highest BCUT2D eigenvalue weighted by Gasteiger charge is 2.25. The van der Waals surface area contributed by atoms with Crippen molar-refractivity contribution in [1.29, 1.82) is 0 Å².